The van der Waals surface area contributed by atoms with E-state index in [4.69, 9.17) is 45.4 Å². The third-order valence-corrected chi connectivity index (χ3v) is 11.4. The van der Waals surface area contributed by atoms with E-state index in [1.165, 1.54) is 18.7 Å². The molecule has 3 N–H and O–H groups in total. The Kier molecular flexibility index (Phi) is 36.6. The van der Waals surface area contributed by atoms with Crippen LogP contribution in [0.3, 0.4) is 0 Å². The van der Waals surface area contributed by atoms with Crippen molar-refractivity contribution in [2.24, 2.45) is 5.92 Å². The summed E-state index contributed by atoms with van der Waals surface area (Å²) in [5.41, 5.74) is -1.01. The first-order valence-electron chi connectivity index (χ1n) is 23.7. The summed E-state index contributed by atoms with van der Waals surface area (Å²) in [4.78, 5) is 70.7. The number of carbonyl (C=O) groups excluding carboxylic acids is 6. The molecule has 0 spiro atoms. The van der Waals surface area contributed by atoms with Gasteiger partial charge < -0.3 is 49.1 Å². The summed E-state index contributed by atoms with van der Waals surface area (Å²) in [5, 5.41) is 17.9. The summed E-state index contributed by atoms with van der Waals surface area (Å²) in [6, 6.07) is 1.26. The van der Waals surface area contributed by atoms with Crippen LogP contribution in [0.2, 0.25) is 0 Å². The standard InChI is InChI=1S/C22H36N2O10.C22H40N2O3S3.2C2H6/c1-12(2)20(29)23-10-8-7-9-11-30-21-17(24-13(3)25)18(31-14(4)26)19(32-15(5)27)22(34-21)33-16(6)28;1-10-29-18(28)30-22(9,15-23)12-11-17(25)24-14-13-20(5,6)26-16-21(7,8)27-19(2,3)4;2*1-2/h12,17-19,21-22H,7-11H2,1-6H3,(H,23,29)(H,24,25);10-14,16H2,1-9H3,(H,24,25);2*1-2H3/t17-,18-,19-,21-,22+;;;/m1.../s1. The van der Waals surface area contributed by atoms with Gasteiger partial charge in [0.25, 0.3) is 0 Å². The Bertz CT molecular complexity index is 1570. The quantitative estimate of drug-likeness (QED) is 0.0357. The zero-order chi connectivity index (χ0) is 53.5. The first kappa shape index (κ1) is 69.2. The van der Waals surface area contributed by atoms with Gasteiger partial charge in [-0.25, -0.2) is 0 Å². The average molecular weight is 1030 g/mol. The van der Waals surface area contributed by atoms with Gasteiger partial charge in [0.1, 0.15) is 14.3 Å². The SMILES string of the molecule is CC.CC.CC(=O)N[C@H]1[C@H](OCCCCCNC(=O)C(C)C)O[C@H](OC(C)=O)[C@H](OC(C)=O)[C@@H]1OC(C)=O.CCSC(=S)SC(C)(C#N)CCC(=O)NCCC(C)(C)OCC(C)(C)OC(C)(C)C. The molecule has 1 fully saturated rings. The molecule has 1 rings (SSSR count). The molecule has 1 aliphatic heterocycles. The second-order valence-electron chi connectivity index (χ2n) is 18.0. The molecule has 20 heteroatoms. The van der Waals surface area contributed by atoms with Crippen molar-refractivity contribution < 1.29 is 61.9 Å². The molecule has 1 unspecified atom stereocenters. The van der Waals surface area contributed by atoms with Crippen LogP contribution in [0.15, 0.2) is 0 Å². The van der Waals surface area contributed by atoms with Gasteiger partial charge in [-0.05, 0) is 93.2 Å². The third kappa shape index (κ3) is 34.3. The molecule has 17 nitrogen and oxygen atoms in total. The number of rotatable bonds is 24. The highest BCUT2D eigenvalue weighted by Crippen LogP contribution is 2.34. The van der Waals surface area contributed by atoms with E-state index < -0.39 is 65.0 Å². The lowest BCUT2D eigenvalue weighted by Crippen LogP contribution is -2.66. The van der Waals surface area contributed by atoms with Gasteiger partial charge in [0, 0.05) is 59.7 Å². The van der Waals surface area contributed by atoms with Gasteiger partial charge >= 0.3 is 17.9 Å². The van der Waals surface area contributed by atoms with Crippen molar-refractivity contribution in [2.45, 2.75) is 222 Å². The highest BCUT2D eigenvalue weighted by Gasteiger charge is 2.52. The van der Waals surface area contributed by atoms with Gasteiger partial charge in [-0.2, -0.15) is 5.26 Å². The van der Waals surface area contributed by atoms with Crippen LogP contribution in [0.5, 0.6) is 0 Å². The first-order chi connectivity index (χ1) is 31.4. The number of hydrogen-bond acceptors (Lipinski definition) is 17. The number of thioether (sulfide) groups is 2. The molecule has 6 atom stereocenters. The summed E-state index contributed by atoms with van der Waals surface area (Å²) < 4.78 is 39.4. The molecule has 1 heterocycles. The molecule has 0 saturated carbocycles. The molecule has 1 saturated heterocycles. The van der Waals surface area contributed by atoms with Crippen LogP contribution in [0.25, 0.3) is 0 Å². The number of thiocarbonyl (C=S) groups is 1. The fourth-order valence-corrected chi connectivity index (χ4v) is 8.86. The van der Waals surface area contributed by atoms with Crippen molar-refractivity contribution >= 4 is 74.9 Å². The fraction of sp³-hybridized carbons (Fsp3) is 0.833. The van der Waals surface area contributed by atoms with Crippen LogP contribution < -0.4 is 16.0 Å². The zero-order valence-electron chi connectivity index (χ0n) is 44.7. The Morgan fingerprint density at radius 1 is 0.750 bits per heavy atom. The van der Waals surface area contributed by atoms with Crippen LogP contribution >= 0.6 is 35.7 Å². The minimum atomic E-state index is -1.42. The molecule has 0 aromatic heterocycles. The maximum atomic E-state index is 12.2. The highest BCUT2D eigenvalue weighted by atomic mass is 32.2. The fourth-order valence-electron chi connectivity index (χ4n) is 5.96. The first-order valence-corrected chi connectivity index (χ1v) is 25.9. The van der Waals surface area contributed by atoms with Crippen molar-refractivity contribution in [3.8, 4) is 6.07 Å². The predicted molar refractivity (Wildman–Crippen MR) is 274 cm³/mol. The lowest BCUT2D eigenvalue weighted by molar-refractivity contribution is -0.321. The average Bonchev–Trinajstić information content (AvgIpc) is 3.21. The van der Waals surface area contributed by atoms with E-state index in [1.807, 2.05) is 104 Å². The number of esters is 3. The van der Waals surface area contributed by atoms with Crippen LogP contribution in [0, 0.1) is 17.2 Å². The van der Waals surface area contributed by atoms with Crippen molar-refractivity contribution in [3.63, 3.8) is 0 Å². The second-order valence-corrected chi connectivity index (χ2v) is 22.0. The molecule has 0 aliphatic carbocycles. The van der Waals surface area contributed by atoms with E-state index in [9.17, 15) is 34.0 Å². The van der Waals surface area contributed by atoms with Crippen molar-refractivity contribution in [2.75, 3.05) is 32.1 Å². The lowest BCUT2D eigenvalue weighted by atomic mass is 10.00. The molecule has 68 heavy (non-hydrogen) atoms. The van der Waals surface area contributed by atoms with Gasteiger partial charge in [-0.15, -0.1) is 11.8 Å². The van der Waals surface area contributed by atoms with E-state index in [1.54, 1.807) is 11.8 Å². The minimum Gasteiger partial charge on any atom is -0.456 e. The number of nitriles is 1. The van der Waals surface area contributed by atoms with Crippen molar-refractivity contribution in [1.29, 1.82) is 5.26 Å². The molecule has 3 amide bonds. The largest absolute Gasteiger partial charge is 0.456 e. The zero-order valence-corrected chi connectivity index (χ0v) is 47.2. The number of carbonyl (C=O) groups is 6. The molecule has 396 valence electrons. The van der Waals surface area contributed by atoms with Crippen LogP contribution in [0.1, 0.15) is 170 Å². The third-order valence-electron chi connectivity index (χ3n) is 8.77. The van der Waals surface area contributed by atoms with Gasteiger partial charge in [-0.1, -0.05) is 72.4 Å². The highest BCUT2D eigenvalue weighted by molar-refractivity contribution is 8.47. The maximum absolute atomic E-state index is 12.2. The van der Waals surface area contributed by atoms with Crippen molar-refractivity contribution in [1.82, 2.24) is 16.0 Å². The lowest BCUT2D eigenvalue weighted by Gasteiger charge is -2.44. The van der Waals surface area contributed by atoms with E-state index in [-0.39, 0.29) is 35.5 Å². The smallest absolute Gasteiger partial charge is 0.305 e. The summed E-state index contributed by atoms with van der Waals surface area (Å²) in [6.07, 6.45) is -1.62. The predicted octanol–water partition coefficient (Wildman–Crippen LogP) is 8.33. The number of unbranched alkanes of at least 4 members (excludes halogenated alkanes) is 2. The van der Waals surface area contributed by atoms with Crippen LogP contribution in [-0.2, 0) is 61.9 Å². The molecule has 0 radical (unpaired) electrons. The van der Waals surface area contributed by atoms with Crippen molar-refractivity contribution in [3.05, 3.63) is 0 Å². The number of amides is 3. The van der Waals surface area contributed by atoms with E-state index in [2.05, 4.69) is 22.0 Å². The summed E-state index contributed by atoms with van der Waals surface area (Å²) >= 11 is 8.22. The molecule has 0 aromatic carbocycles. The van der Waals surface area contributed by atoms with Crippen LogP contribution in [-0.4, -0.2) is 124 Å². The monoisotopic (exact) mass is 1020 g/mol. The normalized spacial score (nSPS) is 18.7. The number of nitrogens with zero attached hydrogens (tertiary/aromatic N) is 1. The Hall–Kier alpha value is -3.06. The topological polar surface area (TPSA) is 227 Å². The number of nitrogens with one attached hydrogen (secondary N) is 3. The maximum Gasteiger partial charge on any atom is 0.305 e. The summed E-state index contributed by atoms with van der Waals surface area (Å²) in [6.45, 7) is 36.1. The van der Waals surface area contributed by atoms with Gasteiger partial charge in [0.2, 0.25) is 30.1 Å². The number of hydrogen-bond donors (Lipinski definition) is 3. The molecule has 0 aromatic rings. The van der Waals surface area contributed by atoms with Gasteiger partial charge in [-0.3, -0.25) is 28.8 Å². The van der Waals surface area contributed by atoms with Crippen LogP contribution in [0.4, 0.5) is 0 Å². The summed E-state index contributed by atoms with van der Waals surface area (Å²) in [5.74, 6) is -1.89. The van der Waals surface area contributed by atoms with Gasteiger partial charge in [0.05, 0.1) is 29.5 Å². The summed E-state index contributed by atoms with van der Waals surface area (Å²) in [7, 11) is 0. The van der Waals surface area contributed by atoms with Gasteiger partial charge in [0.15, 0.2) is 12.4 Å². The Balaban J connectivity index is -0.00000117. The Labute approximate surface area is 422 Å². The van der Waals surface area contributed by atoms with E-state index in [0.717, 1.165) is 42.9 Å². The minimum absolute atomic E-state index is 0.0136. The Morgan fingerprint density at radius 2 is 1.31 bits per heavy atom. The number of ether oxygens (including phenoxy) is 7. The van der Waals surface area contributed by atoms with E-state index >= 15 is 0 Å². The Morgan fingerprint density at radius 3 is 1.79 bits per heavy atom. The second kappa shape index (κ2) is 35.9. The molecule has 1 aliphatic rings. The van der Waals surface area contributed by atoms with E-state index in [0.29, 0.717) is 45.4 Å². The molecular formula is C48H88N4O13S3. The molecule has 0 bridgehead atoms. The molecular weight excluding hydrogens is 937 g/mol.